The number of carbonyl (C=O) groups excluding carboxylic acids is 1. The molecule has 4 rings (SSSR count). The molecule has 2 aromatic heterocycles. The van der Waals surface area contributed by atoms with Gasteiger partial charge in [-0.2, -0.15) is 5.10 Å². The molecule has 10 heteroatoms. The molecule has 160 valence electrons. The Morgan fingerprint density at radius 2 is 1.87 bits per heavy atom. The minimum absolute atomic E-state index is 0.0487. The maximum atomic E-state index is 13.0. The number of hydrogen-bond acceptors (Lipinski definition) is 5. The number of fused-ring (bicyclic) bond motifs is 1. The van der Waals surface area contributed by atoms with Gasteiger partial charge in [-0.05, 0) is 62.2 Å². The molecule has 0 radical (unpaired) electrons. The Labute approximate surface area is 188 Å². The Bertz CT molecular complexity index is 1460. The van der Waals surface area contributed by atoms with E-state index in [4.69, 9.17) is 16.7 Å². The van der Waals surface area contributed by atoms with Crippen molar-refractivity contribution in [1.82, 2.24) is 9.78 Å². The van der Waals surface area contributed by atoms with E-state index in [-0.39, 0.29) is 10.8 Å². The Morgan fingerprint density at radius 3 is 2.55 bits per heavy atom. The fraction of sp³-hybridized carbons (Fsp3) is 0.143. The lowest BCUT2D eigenvalue weighted by atomic mass is 10.1. The van der Waals surface area contributed by atoms with E-state index in [9.17, 15) is 13.2 Å². The third kappa shape index (κ3) is 3.97. The summed E-state index contributed by atoms with van der Waals surface area (Å²) in [6.45, 7) is 5.44. The van der Waals surface area contributed by atoms with Crippen LogP contribution in [0.2, 0.25) is 5.02 Å². The van der Waals surface area contributed by atoms with E-state index in [1.54, 1.807) is 23.7 Å². The first-order chi connectivity index (χ1) is 14.6. The number of rotatable bonds is 4. The Hall–Kier alpha value is -2.72. The Morgan fingerprint density at radius 1 is 1.16 bits per heavy atom. The number of carbonyl (C=O) groups is 1. The highest BCUT2D eigenvalue weighted by Gasteiger charge is 2.20. The second-order valence-corrected chi connectivity index (χ2v) is 10.2. The minimum atomic E-state index is -3.90. The molecule has 0 atom stereocenters. The van der Waals surface area contributed by atoms with Crippen LogP contribution in [0.4, 0.5) is 5.69 Å². The predicted octanol–water partition coefficient (Wildman–Crippen LogP) is 4.57. The summed E-state index contributed by atoms with van der Waals surface area (Å²) in [5.41, 5.74) is 3.37. The summed E-state index contributed by atoms with van der Waals surface area (Å²) in [5.74, 6) is -0.347. The number of sulfonamides is 1. The van der Waals surface area contributed by atoms with Crippen LogP contribution in [0.25, 0.3) is 15.9 Å². The largest absolute Gasteiger partial charge is 0.321 e. The zero-order chi connectivity index (χ0) is 22.5. The molecule has 0 unspecified atom stereocenters. The normalized spacial score (nSPS) is 11.8. The highest BCUT2D eigenvalue weighted by Crippen LogP contribution is 2.33. The maximum absolute atomic E-state index is 13.0. The van der Waals surface area contributed by atoms with Crippen LogP contribution in [0.5, 0.6) is 0 Å². The van der Waals surface area contributed by atoms with E-state index in [1.807, 2.05) is 32.0 Å². The zero-order valence-corrected chi connectivity index (χ0v) is 19.3. The van der Waals surface area contributed by atoms with Crippen molar-refractivity contribution in [3.63, 3.8) is 0 Å². The summed E-state index contributed by atoms with van der Waals surface area (Å²) >= 11 is 7.62. The molecule has 3 N–H and O–H groups in total. The smallest absolute Gasteiger partial charge is 0.265 e. The van der Waals surface area contributed by atoms with Crippen LogP contribution in [0, 0.1) is 20.8 Å². The number of amides is 1. The summed E-state index contributed by atoms with van der Waals surface area (Å²) < 4.78 is 25.3. The van der Waals surface area contributed by atoms with E-state index in [1.165, 1.54) is 23.5 Å². The van der Waals surface area contributed by atoms with Gasteiger partial charge >= 0.3 is 0 Å². The lowest BCUT2D eigenvalue weighted by molar-refractivity contribution is 0.103. The van der Waals surface area contributed by atoms with Gasteiger partial charge in [0.15, 0.2) is 0 Å². The number of nitrogens with zero attached hydrogens (tertiary/aromatic N) is 2. The number of benzene rings is 2. The first-order valence-electron chi connectivity index (χ1n) is 9.25. The molecule has 0 spiro atoms. The Kier molecular flexibility index (Phi) is 5.38. The first-order valence-corrected chi connectivity index (χ1v) is 12.0. The zero-order valence-electron chi connectivity index (χ0n) is 16.9. The fourth-order valence-electron chi connectivity index (χ4n) is 3.25. The molecule has 4 aromatic rings. The number of para-hydroxylation sites is 1. The number of nitrogens with two attached hydrogens (primary N) is 1. The van der Waals surface area contributed by atoms with Crippen molar-refractivity contribution in [3.8, 4) is 5.69 Å². The number of halogens is 1. The molecule has 1 amide bonds. The number of nitrogens with one attached hydrogen (secondary N) is 1. The molecule has 0 aliphatic carbocycles. The van der Waals surface area contributed by atoms with Gasteiger partial charge in [-0.25, -0.2) is 18.2 Å². The second kappa shape index (κ2) is 7.76. The van der Waals surface area contributed by atoms with Crippen molar-refractivity contribution in [3.05, 3.63) is 69.2 Å². The van der Waals surface area contributed by atoms with Gasteiger partial charge in [0, 0.05) is 11.1 Å². The van der Waals surface area contributed by atoms with Gasteiger partial charge < -0.3 is 5.32 Å². The molecule has 0 saturated carbocycles. The molecule has 7 nitrogen and oxygen atoms in total. The van der Waals surface area contributed by atoms with Gasteiger partial charge in [-0.3, -0.25) is 4.79 Å². The summed E-state index contributed by atoms with van der Waals surface area (Å²) in [6.07, 6.45) is 0. The van der Waals surface area contributed by atoms with Crippen molar-refractivity contribution in [2.45, 2.75) is 25.7 Å². The van der Waals surface area contributed by atoms with Crippen LogP contribution in [0.1, 0.15) is 26.5 Å². The SMILES string of the molecule is Cc1cc(S(N)(=O)=O)cc(NC(=O)c2cc3c(C)nn(-c4ccccc4Cl)c3s2)c1C. The van der Waals surface area contributed by atoms with E-state index >= 15 is 0 Å². The highest BCUT2D eigenvalue weighted by molar-refractivity contribution is 7.89. The number of aromatic nitrogens is 2. The quantitative estimate of drug-likeness (QED) is 0.451. The van der Waals surface area contributed by atoms with Gasteiger partial charge in [0.2, 0.25) is 10.0 Å². The molecule has 0 aliphatic rings. The average molecular weight is 475 g/mol. The topological polar surface area (TPSA) is 107 Å². The number of primary sulfonamides is 1. The minimum Gasteiger partial charge on any atom is -0.321 e. The summed E-state index contributed by atoms with van der Waals surface area (Å²) in [6, 6.07) is 12.0. The molecule has 31 heavy (non-hydrogen) atoms. The molecule has 0 saturated heterocycles. The van der Waals surface area contributed by atoms with E-state index < -0.39 is 10.0 Å². The first kappa shape index (κ1) is 21.5. The summed E-state index contributed by atoms with van der Waals surface area (Å²) in [5, 5.41) is 14.0. The van der Waals surface area contributed by atoms with Crippen LogP contribution in [0.15, 0.2) is 47.4 Å². The summed E-state index contributed by atoms with van der Waals surface area (Å²) in [7, 11) is -3.90. The van der Waals surface area contributed by atoms with Crippen molar-refractivity contribution in [1.29, 1.82) is 0 Å². The fourth-order valence-corrected chi connectivity index (χ4v) is 5.16. The van der Waals surface area contributed by atoms with Crippen molar-refractivity contribution >= 4 is 54.8 Å². The molecule has 0 aliphatic heterocycles. The van der Waals surface area contributed by atoms with Crippen molar-refractivity contribution in [2.75, 3.05) is 5.32 Å². The monoisotopic (exact) mass is 474 g/mol. The van der Waals surface area contributed by atoms with Crippen LogP contribution in [-0.2, 0) is 10.0 Å². The number of anilines is 1. The molecule has 0 fully saturated rings. The third-order valence-electron chi connectivity index (χ3n) is 5.07. The molecular formula is C21H19ClN4O3S2. The van der Waals surface area contributed by atoms with E-state index in [0.29, 0.717) is 21.2 Å². The van der Waals surface area contributed by atoms with E-state index in [2.05, 4.69) is 10.4 Å². The van der Waals surface area contributed by atoms with Gasteiger partial charge in [0.05, 0.1) is 26.2 Å². The molecule has 2 aromatic carbocycles. The number of hydrogen-bond donors (Lipinski definition) is 2. The van der Waals surface area contributed by atoms with Gasteiger partial charge in [0.25, 0.3) is 5.91 Å². The second-order valence-electron chi connectivity index (χ2n) is 7.19. The summed E-state index contributed by atoms with van der Waals surface area (Å²) in [4.78, 5) is 14.2. The standard InChI is InChI=1S/C21H19ClN4O3S2/c1-11-8-14(31(23,28)29)9-17(12(11)2)24-20(27)19-10-15-13(3)25-26(21(15)30-19)18-7-5-4-6-16(18)22/h4-10H,1-3H3,(H,24,27)(H2,23,28,29). The maximum Gasteiger partial charge on any atom is 0.265 e. The Balaban J connectivity index is 1.74. The predicted molar refractivity (Wildman–Crippen MR) is 124 cm³/mol. The molecule has 0 bridgehead atoms. The van der Waals surface area contributed by atoms with Gasteiger partial charge in [0.1, 0.15) is 4.83 Å². The lowest BCUT2D eigenvalue weighted by Crippen LogP contribution is -2.16. The van der Waals surface area contributed by atoms with Crippen LogP contribution >= 0.6 is 22.9 Å². The molecule has 2 heterocycles. The van der Waals surface area contributed by atoms with Gasteiger partial charge in [-0.1, -0.05) is 23.7 Å². The van der Waals surface area contributed by atoms with Crippen LogP contribution < -0.4 is 10.5 Å². The third-order valence-corrected chi connectivity index (χ3v) is 7.39. The van der Waals surface area contributed by atoms with Crippen LogP contribution in [0.3, 0.4) is 0 Å². The number of thiophene rings is 1. The van der Waals surface area contributed by atoms with E-state index in [0.717, 1.165) is 27.2 Å². The highest BCUT2D eigenvalue weighted by atomic mass is 35.5. The lowest BCUT2D eigenvalue weighted by Gasteiger charge is -2.12. The molecular weight excluding hydrogens is 456 g/mol. The van der Waals surface area contributed by atoms with Gasteiger partial charge in [-0.15, -0.1) is 11.3 Å². The van der Waals surface area contributed by atoms with Crippen molar-refractivity contribution in [2.24, 2.45) is 5.14 Å². The average Bonchev–Trinajstić information content (AvgIpc) is 3.26. The van der Waals surface area contributed by atoms with Crippen LogP contribution in [-0.4, -0.2) is 24.1 Å². The van der Waals surface area contributed by atoms with Crippen molar-refractivity contribution < 1.29 is 13.2 Å². The number of aryl methyl sites for hydroxylation is 2.